The molecule has 5 nitrogen and oxygen atoms in total. The Morgan fingerprint density at radius 3 is 2.33 bits per heavy atom. The predicted octanol–water partition coefficient (Wildman–Crippen LogP) is 4.77. The van der Waals surface area contributed by atoms with Gasteiger partial charge in [-0.1, -0.05) is 57.9 Å². The molecule has 3 aromatic carbocycles. The topological polar surface area (TPSA) is 75.3 Å². The van der Waals surface area contributed by atoms with Crippen LogP contribution in [-0.2, 0) is 21.2 Å². The van der Waals surface area contributed by atoms with Gasteiger partial charge in [0.1, 0.15) is 11.9 Å². The third kappa shape index (κ3) is 5.89. The Morgan fingerprint density at radius 2 is 1.70 bits per heavy atom. The molecule has 1 atom stereocenters. The van der Waals surface area contributed by atoms with Crippen LogP contribution in [0.5, 0.6) is 0 Å². The van der Waals surface area contributed by atoms with Gasteiger partial charge in [-0.3, -0.25) is 4.79 Å². The van der Waals surface area contributed by atoms with Crippen molar-refractivity contribution in [2.24, 2.45) is 0 Å². The highest BCUT2D eigenvalue weighted by Gasteiger charge is 2.27. The molecule has 1 amide bonds. The summed E-state index contributed by atoms with van der Waals surface area (Å²) in [6, 6.07) is 17.5. The molecule has 0 aliphatic carbocycles. The van der Waals surface area contributed by atoms with E-state index in [2.05, 4.69) is 26.0 Å². The second-order valence-electron chi connectivity index (χ2n) is 6.43. The number of amides is 1. The molecule has 30 heavy (non-hydrogen) atoms. The zero-order valence-corrected chi connectivity index (χ0v) is 18.6. The fourth-order valence-electron chi connectivity index (χ4n) is 2.72. The van der Waals surface area contributed by atoms with Crippen LogP contribution in [0.3, 0.4) is 0 Å². The van der Waals surface area contributed by atoms with Crippen molar-refractivity contribution < 1.29 is 17.6 Å². The van der Waals surface area contributed by atoms with Crippen molar-refractivity contribution in [2.45, 2.75) is 17.4 Å². The molecule has 0 heterocycles. The molecule has 2 N–H and O–H groups in total. The van der Waals surface area contributed by atoms with E-state index in [1.165, 1.54) is 36.4 Å². The van der Waals surface area contributed by atoms with Gasteiger partial charge in [0.15, 0.2) is 0 Å². The molecule has 3 rings (SSSR count). The number of halogens is 3. The van der Waals surface area contributed by atoms with Gasteiger partial charge in [0.2, 0.25) is 15.9 Å². The first-order valence-corrected chi connectivity index (χ1v) is 11.5. The maximum atomic E-state index is 14.1. The van der Waals surface area contributed by atoms with Crippen LogP contribution in [0.15, 0.2) is 82.2 Å². The number of rotatable bonds is 7. The molecule has 0 unspecified atom stereocenters. The minimum Gasteiger partial charge on any atom is -0.322 e. The van der Waals surface area contributed by atoms with Gasteiger partial charge in [-0.25, -0.2) is 12.8 Å². The van der Waals surface area contributed by atoms with E-state index in [1.54, 1.807) is 30.3 Å². The number of hydrogen-bond acceptors (Lipinski definition) is 3. The summed E-state index contributed by atoms with van der Waals surface area (Å²) in [5.74, 6) is -1.32. The number of benzene rings is 3. The highest BCUT2D eigenvalue weighted by atomic mass is 79.9. The lowest BCUT2D eigenvalue weighted by Crippen LogP contribution is -2.45. The van der Waals surface area contributed by atoms with Gasteiger partial charge < -0.3 is 5.32 Å². The Labute approximate surface area is 187 Å². The van der Waals surface area contributed by atoms with Crippen LogP contribution < -0.4 is 10.0 Å². The average Bonchev–Trinajstić information content (AvgIpc) is 2.70. The van der Waals surface area contributed by atoms with Gasteiger partial charge in [0.25, 0.3) is 0 Å². The van der Waals surface area contributed by atoms with Crippen molar-refractivity contribution >= 4 is 49.1 Å². The molecule has 9 heteroatoms. The van der Waals surface area contributed by atoms with E-state index >= 15 is 0 Å². The lowest BCUT2D eigenvalue weighted by molar-refractivity contribution is -0.117. The molecular weight excluding hydrogens is 495 g/mol. The summed E-state index contributed by atoms with van der Waals surface area (Å²) in [6.07, 6.45) is 0.0810. The largest absolute Gasteiger partial charge is 0.322 e. The Balaban J connectivity index is 1.87. The van der Waals surface area contributed by atoms with Crippen molar-refractivity contribution in [3.05, 3.63) is 93.7 Å². The number of carbonyl (C=O) groups excluding carboxylic acids is 1. The van der Waals surface area contributed by atoms with Crippen molar-refractivity contribution in [2.75, 3.05) is 5.32 Å². The first kappa shape index (κ1) is 22.4. The third-order valence-electron chi connectivity index (χ3n) is 4.21. The molecule has 3 aromatic rings. The van der Waals surface area contributed by atoms with Gasteiger partial charge in [0.05, 0.1) is 10.6 Å². The first-order valence-electron chi connectivity index (χ1n) is 8.82. The van der Waals surface area contributed by atoms with Crippen LogP contribution in [0, 0.1) is 5.82 Å². The minimum absolute atomic E-state index is 0.0346. The zero-order chi connectivity index (χ0) is 21.7. The summed E-state index contributed by atoms with van der Waals surface area (Å²) >= 11 is 8.98. The van der Waals surface area contributed by atoms with Gasteiger partial charge in [0, 0.05) is 9.50 Å². The quantitative estimate of drug-likeness (QED) is 0.480. The molecule has 0 fully saturated rings. The number of sulfonamides is 1. The standard InChI is InChI=1S/C21H17BrClFN2O3S/c22-15-6-11-19(18(24)13-15)25-21(27)20(12-14-4-2-1-3-5-14)26-30(28,29)17-9-7-16(23)8-10-17/h1-11,13,20,26H,12H2,(H,25,27)/t20-/m0/s1. The highest BCUT2D eigenvalue weighted by Crippen LogP contribution is 2.20. The second kappa shape index (κ2) is 9.70. The normalized spacial score (nSPS) is 12.4. The lowest BCUT2D eigenvalue weighted by atomic mass is 10.1. The van der Waals surface area contributed by atoms with E-state index in [9.17, 15) is 17.6 Å². The third-order valence-corrected chi connectivity index (χ3v) is 6.44. The summed E-state index contributed by atoms with van der Waals surface area (Å²) in [6.45, 7) is 0. The smallest absolute Gasteiger partial charge is 0.242 e. The molecule has 0 spiro atoms. The summed E-state index contributed by atoms with van der Waals surface area (Å²) < 4.78 is 42.7. The maximum absolute atomic E-state index is 14.1. The van der Waals surface area contributed by atoms with E-state index < -0.39 is 27.8 Å². The zero-order valence-electron chi connectivity index (χ0n) is 15.5. The second-order valence-corrected chi connectivity index (χ2v) is 9.50. The number of nitrogens with one attached hydrogen (secondary N) is 2. The SMILES string of the molecule is O=C(Nc1ccc(Br)cc1F)[C@H](Cc1ccccc1)NS(=O)(=O)c1ccc(Cl)cc1. The Morgan fingerprint density at radius 1 is 1.03 bits per heavy atom. The molecule has 0 aromatic heterocycles. The summed E-state index contributed by atoms with van der Waals surface area (Å²) in [5.41, 5.74) is 0.694. The molecule has 156 valence electrons. The van der Waals surface area contributed by atoms with E-state index in [4.69, 9.17) is 11.6 Å². The molecule has 0 bridgehead atoms. The van der Waals surface area contributed by atoms with Crippen LogP contribution in [0.1, 0.15) is 5.56 Å². The van der Waals surface area contributed by atoms with Crippen molar-refractivity contribution in [3.63, 3.8) is 0 Å². The summed E-state index contributed by atoms with van der Waals surface area (Å²) in [7, 11) is -4.02. The van der Waals surface area contributed by atoms with Gasteiger partial charge >= 0.3 is 0 Å². The van der Waals surface area contributed by atoms with Crippen LogP contribution in [0.25, 0.3) is 0 Å². The predicted molar refractivity (Wildman–Crippen MR) is 118 cm³/mol. The summed E-state index contributed by atoms with van der Waals surface area (Å²) in [5, 5.41) is 2.85. The summed E-state index contributed by atoms with van der Waals surface area (Å²) in [4.78, 5) is 12.8. The van der Waals surface area contributed by atoms with Gasteiger partial charge in [-0.2, -0.15) is 4.72 Å². The number of carbonyl (C=O) groups is 1. The van der Waals surface area contributed by atoms with E-state index in [0.717, 1.165) is 5.56 Å². The van der Waals surface area contributed by atoms with Gasteiger partial charge in [-0.05, 0) is 54.4 Å². The monoisotopic (exact) mass is 510 g/mol. The molecule has 0 aliphatic heterocycles. The van der Waals surface area contributed by atoms with Crippen molar-refractivity contribution in [1.82, 2.24) is 4.72 Å². The van der Waals surface area contributed by atoms with Crippen LogP contribution in [0.2, 0.25) is 5.02 Å². The molecular formula is C21H17BrClFN2O3S. The Hall–Kier alpha value is -2.26. The van der Waals surface area contributed by atoms with E-state index in [0.29, 0.717) is 9.50 Å². The maximum Gasteiger partial charge on any atom is 0.242 e. The van der Waals surface area contributed by atoms with Crippen molar-refractivity contribution in [1.29, 1.82) is 0 Å². The molecule has 0 saturated carbocycles. The van der Waals surface area contributed by atoms with Crippen molar-refractivity contribution in [3.8, 4) is 0 Å². The number of anilines is 1. The molecule has 0 radical (unpaired) electrons. The minimum atomic E-state index is -4.02. The first-order chi connectivity index (χ1) is 14.2. The Bertz CT molecular complexity index is 1140. The van der Waals surface area contributed by atoms with E-state index in [-0.39, 0.29) is 17.0 Å². The van der Waals surface area contributed by atoms with E-state index in [1.807, 2.05) is 6.07 Å². The van der Waals surface area contributed by atoms with Crippen LogP contribution in [-0.4, -0.2) is 20.4 Å². The molecule has 0 aliphatic rings. The van der Waals surface area contributed by atoms with Crippen LogP contribution >= 0.6 is 27.5 Å². The number of hydrogen-bond donors (Lipinski definition) is 2. The fraction of sp³-hybridized carbons (Fsp3) is 0.0952. The van der Waals surface area contributed by atoms with Crippen LogP contribution in [0.4, 0.5) is 10.1 Å². The molecule has 0 saturated heterocycles. The highest BCUT2D eigenvalue weighted by molar-refractivity contribution is 9.10. The Kier molecular flexibility index (Phi) is 7.25. The lowest BCUT2D eigenvalue weighted by Gasteiger charge is -2.19. The fourth-order valence-corrected chi connectivity index (χ4v) is 4.37. The average molecular weight is 512 g/mol. The van der Waals surface area contributed by atoms with Gasteiger partial charge in [-0.15, -0.1) is 0 Å².